The predicted octanol–water partition coefficient (Wildman–Crippen LogP) is 3.91. The van der Waals surface area contributed by atoms with Crippen LogP contribution < -0.4 is 20.7 Å². The van der Waals surface area contributed by atoms with Crippen LogP contribution in [0.4, 0.5) is 4.79 Å². The second-order valence-corrected chi connectivity index (χ2v) is 9.07. The molecule has 2 atom stereocenters. The molecule has 1 aromatic carbocycles. The summed E-state index contributed by atoms with van der Waals surface area (Å²) in [7, 11) is 2.84. The molecule has 0 fully saturated rings. The first-order valence-electron chi connectivity index (χ1n) is 12.3. The van der Waals surface area contributed by atoms with Gasteiger partial charge in [0, 0.05) is 17.5 Å². The number of urea groups is 1. The van der Waals surface area contributed by atoms with Crippen molar-refractivity contribution < 1.29 is 28.7 Å². The molecule has 208 valence electrons. The third-order valence-corrected chi connectivity index (χ3v) is 6.11. The molecule has 3 amide bonds. The predicted molar refractivity (Wildman–Crippen MR) is 148 cm³/mol. The van der Waals surface area contributed by atoms with Crippen LogP contribution in [0.1, 0.15) is 39.2 Å². The molecule has 10 heteroatoms. The Balaban J connectivity index is 2.60. The van der Waals surface area contributed by atoms with Crippen LogP contribution in [-0.2, 0) is 25.5 Å². The minimum absolute atomic E-state index is 0.00824. The summed E-state index contributed by atoms with van der Waals surface area (Å²) in [6.45, 7) is 8.80. The van der Waals surface area contributed by atoms with Gasteiger partial charge in [-0.2, -0.15) is 0 Å². The maximum absolute atomic E-state index is 12.4. The maximum Gasteiger partial charge on any atom is 0.337 e. The van der Waals surface area contributed by atoms with E-state index in [1.165, 1.54) is 26.2 Å². The molecular formula is C28H38ClN3O6. The van der Waals surface area contributed by atoms with Crippen LogP contribution in [-0.4, -0.2) is 57.0 Å². The molecule has 0 unspecified atom stereocenters. The fourth-order valence-electron chi connectivity index (χ4n) is 3.74. The number of rotatable bonds is 15. The molecule has 0 saturated heterocycles. The summed E-state index contributed by atoms with van der Waals surface area (Å²) < 4.78 is 10.1. The van der Waals surface area contributed by atoms with Gasteiger partial charge in [-0.05, 0) is 69.0 Å². The van der Waals surface area contributed by atoms with Crippen molar-refractivity contribution in [1.82, 2.24) is 16.0 Å². The molecule has 1 rings (SSSR count). The van der Waals surface area contributed by atoms with Crippen LogP contribution in [0.2, 0.25) is 5.02 Å². The second-order valence-electron chi connectivity index (χ2n) is 8.63. The van der Waals surface area contributed by atoms with Crippen LogP contribution in [0.3, 0.4) is 0 Å². The van der Waals surface area contributed by atoms with Crippen molar-refractivity contribution in [3.63, 3.8) is 0 Å². The lowest BCUT2D eigenvalue weighted by Crippen LogP contribution is -2.46. The number of amides is 3. The van der Waals surface area contributed by atoms with Gasteiger partial charge in [0.05, 0.1) is 32.4 Å². The zero-order valence-corrected chi connectivity index (χ0v) is 23.4. The van der Waals surface area contributed by atoms with Crippen molar-refractivity contribution in [2.24, 2.45) is 5.92 Å². The van der Waals surface area contributed by atoms with Gasteiger partial charge in [-0.25, -0.2) is 9.59 Å². The Labute approximate surface area is 229 Å². The standard InChI is InChI=1S/C28H38ClN3O6/c1-7-9-21(27(35)38-6)14-18(3)24(8-2)32-28(36)31-17-26(34)30-13-12-20(19(4)33)15-22-16-23(29)10-11-25(22)37-5/h7,9-11,14,16,20,24H,1,8,12-13,15,17H2,2-6H3,(H,30,34)(H2,31,32,36)/b18-14+,21-9+/t20-,24+/m0/s1. The molecule has 0 aliphatic carbocycles. The van der Waals surface area contributed by atoms with E-state index in [0.717, 1.165) is 11.1 Å². The molecule has 0 aliphatic heterocycles. The zero-order chi connectivity index (χ0) is 28.7. The van der Waals surface area contributed by atoms with Crippen LogP contribution >= 0.6 is 11.6 Å². The highest BCUT2D eigenvalue weighted by Gasteiger charge is 2.19. The lowest BCUT2D eigenvalue weighted by atomic mass is 9.92. The zero-order valence-electron chi connectivity index (χ0n) is 22.7. The van der Waals surface area contributed by atoms with Crippen molar-refractivity contribution in [3.05, 3.63) is 64.7 Å². The third-order valence-electron chi connectivity index (χ3n) is 5.87. The molecule has 0 radical (unpaired) electrons. The number of esters is 1. The van der Waals surface area contributed by atoms with E-state index >= 15 is 0 Å². The molecule has 38 heavy (non-hydrogen) atoms. The molecule has 0 spiro atoms. The lowest BCUT2D eigenvalue weighted by Gasteiger charge is -2.19. The lowest BCUT2D eigenvalue weighted by molar-refractivity contribution is -0.135. The molecule has 9 nitrogen and oxygen atoms in total. The van der Waals surface area contributed by atoms with Crippen molar-refractivity contribution >= 4 is 35.3 Å². The van der Waals surface area contributed by atoms with Crippen LogP contribution in [0.15, 0.2) is 54.2 Å². The topological polar surface area (TPSA) is 123 Å². The van der Waals surface area contributed by atoms with E-state index in [-0.39, 0.29) is 36.7 Å². The number of ketones is 1. The Bertz CT molecular complexity index is 1070. The highest BCUT2D eigenvalue weighted by Crippen LogP contribution is 2.26. The monoisotopic (exact) mass is 547 g/mol. The highest BCUT2D eigenvalue weighted by atomic mass is 35.5. The van der Waals surface area contributed by atoms with Gasteiger partial charge >= 0.3 is 12.0 Å². The number of hydrogen-bond acceptors (Lipinski definition) is 6. The summed E-state index contributed by atoms with van der Waals surface area (Å²) in [5.74, 6) is -0.590. The second kappa shape index (κ2) is 17.0. The Kier molecular flexibility index (Phi) is 14.5. The molecule has 0 heterocycles. The molecule has 1 aromatic rings. The summed E-state index contributed by atoms with van der Waals surface area (Å²) in [5.41, 5.74) is 1.85. The van der Waals surface area contributed by atoms with Crippen LogP contribution in [0.5, 0.6) is 5.75 Å². The Hall–Kier alpha value is -3.59. The summed E-state index contributed by atoms with van der Waals surface area (Å²) >= 11 is 6.09. The van der Waals surface area contributed by atoms with Gasteiger partial charge in [0.2, 0.25) is 5.91 Å². The van der Waals surface area contributed by atoms with Gasteiger partial charge in [0.25, 0.3) is 0 Å². The van der Waals surface area contributed by atoms with Crippen LogP contribution in [0.25, 0.3) is 0 Å². The number of nitrogens with one attached hydrogen (secondary N) is 3. The first-order valence-corrected chi connectivity index (χ1v) is 12.7. The van der Waals surface area contributed by atoms with Gasteiger partial charge in [0.15, 0.2) is 0 Å². The third kappa shape index (κ3) is 11.2. The number of carbonyl (C=O) groups excluding carboxylic acids is 4. The molecule has 0 aromatic heterocycles. The molecule has 0 saturated carbocycles. The van der Waals surface area contributed by atoms with E-state index < -0.39 is 12.0 Å². The van der Waals surface area contributed by atoms with E-state index in [1.807, 2.05) is 6.92 Å². The summed E-state index contributed by atoms with van der Waals surface area (Å²) in [4.78, 5) is 48.7. The number of benzene rings is 1. The van der Waals surface area contributed by atoms with Gasteiger partial charge in [0.1, 0.15) is 11.5 Å². The van der Waals surface area contributed by atoms with E-state index in [0.29, 0.717) is 35.6 Å². The fourth-order valence-corrected chi connectivity index (χ4v) is 3.94. The number of methoxy groups -OCH3 is 2. The minimum Gasteiger partial charge on any atom is -0.496 e. The normalized spacial score (nSPS) is 13.1. The van der Waals surface area contributed by atoms with Crippen molar-refractivity contribution in [2.45, 2.75) is 46.1 Å². The molecule has 3 N–H and O–H groups in total. The Morgan fingerprint density at radius 2 is 1.84 bits per heavy atom. The van der Waals surface area contributed by atoms with E-state index in [1.54, 1.807) is 38.3 Å². The maximum atomic E-state index is 12.4. The smallest absolute Gasteiger partial charge is 0.337 e. The first kappa shape index (κ1) is 32.4. The van der Waals surface area contributed by atoms with Gasteiger partial charge < -0.3 is 25.4 Å². The van der Waals surface area contributed by atoms with Crippen molar-refractivity contribution in [2.75, 3.05) is 27.3 Å². The minimum atomic E-state index is -0.526. The highest BCUT2D eigenvalue weighted by molar-refractivity contribution is 6.30. The van der Waals surface area contributed by atoms with E-state index in [4.69, 9.17) is 21.1 Å². The number of ether oxygens (including phenoxy) is 2. The van der Waals surface area contributed by atoms with E-state index in [2.05, 4.69) is 22.5 Å². The Morgan fingerprint density at radius 3 is 2.42 bits per heavy atom. The van der Waals surface area contributed by atoms with Crippen molar-refractivity contribution in [3.8, 4) is 5.75 Å². The number of carbonyl (C=O) groups is 4. The molecular weight excluding hydrogens is 510 g/mol. The summed E-state index contributed by atoms with van der Waals surface area (Å²) in [6.07, 6.45) is 6.04. The van der Waals surface area contributed by atoms with Crippen LogP contribution in [0, 0.1) is 5.92 Å². The number of hydrogen-bond donors (Lipinski definition) is 3. The number of Topliss-reactive ketones (excluding diaryl/α,β-unsaturated/α-hetero) is 1. The summed E-state index contributed by atoms with van der Waals surface area (Å²) in [5, 5.41) is 8.59. The number of allylic oxidation sites excluding steroid dienone is 2. The van der Waals surface area contributed by atoms with Crippen molar-refractivity contribution in [1.29, 1.82) is 0 Å². The quantitative estimate of drug-likeness (QED) is 0.174. The SMILES string of the molecule is C=C/C=C(\C=C(/C)[C@@H](CC)NC(=O)NCC(=O)NCC[C@@H](Cc1cc(Cl)ccc1OC)C(C)=O)C(=O)OC. The average molecular weight is 548 g/mol. The summed E-state index contributed by atoms with van der Waals surface area (Å²) in [6, 6.07) is 4.35. The average Bonchev–Trinajstić information content (AvgIpc) is 2.89. The van der Waals surface area contributed by atoms with Gasteiger partial charge in [-0.1, -0.05) is 36.8 Å². The fraction of sp³-hybridized carbons (Fsp3) is 0.429. The Morgan fingerprint density at radius 1 is 1.13 bits per heavy atom. The van der Waals surface area contributed by atoms with Gasteiger partial charge in [-0.15, -0.1) is 0 Å². The van der Waals surface area contributed by atoms with E-state index in [9.17, 15) is 19.2 Å². The van der Waals surface area contributed by atoms with Gasteiger partial charge in [-0.3, -0.25) is 9.59 Å². The molecule has 0 aliphatic rings. The first-order chi connectivity index (χ1) is 18.1. The molecule has 0 bridgehead atoms. The largest absolute Gasteiger partial charge is 0.496 e. The number of halogens is 1.